The lowest BCUT2D eigenvalue weighted by atomic mass is 9.99. The summed E-state index contributed by atoms with van der Waals surface area (Å²) >= 11 is 0. The van der Waals surface area contributed by atoms with Crippen LogP contribution in [0.4, 0.5) is 0 Å². The molecule has 2 heteroatoms. The minimum absolute atomic E-state index is 0.291. The molecule has 0 aromatic heterocycles. The average molecular weight is 263 g/mol. The second-order valence-corrected chi connectivity index (χ2v) is 5.81. The Balaban J connectivity index is 2.47. The fraction of sp³-hybridized carbons (Fsp3) is 0.647. The molecule has 0 radical (unpaired) electrons. The second kappa shape index (κ2) is 8.34. The molecule has 0 aliphatic heterocycles. The Morgan fingerprint density at radius 2 is 1.95 bits per heavy atom. The van der Waals surface area contributed by atoms with Crippen molar-refractivity contribution in [1.82, 2.24) is 5.32 Å². The Kier molecular flexibility index (Phi) is 7.11. The molecule has 0 heterocycles. The summed E-state index contributed by atoms with van der Waals surface area (Å²) in [7, 11) is 2.00. The maximum atomic E-state index is 5.82. The lowest BCUT2D eigenvalue weighted by Gasteiger charge is -2.19. The van der Waals surface area contributed by atoms with E-state index >= 15 is 0 Å². The molecule has 2 nitrogen and oxygen atoms in total. The summed E-state index contributed by atoms with van der Waals surface area (Å²) in [5, 5.41) is 3.36. The van der Waals surface area contributed by atoms with E-state index in [9.17, 15) is 0 Å². The van der Waals surface area contributed by atoms with Crippen LogP contribution in [0.3, 0.4) is 0 Å². The van der Waals surface area contributed by atoms with E-state index in [1.807, 2.05) is 7.05 Å². The lowest BCUT2D eigenvalue weighted by molar-refractivity contribution is 0.108. The third-order valence-corrected chi connectivity index (χ3v) is 3.51. The van der Waals surface area contributed by atoms with E-state index in [4.69, 9.17) is 4.74 Å². The highest BCUT2D eigenvalue weighted by Gasteiger charge is 2.12. The second-order valence-electron chi connectivity index (χ2n) is 5.81. The van der Waals surface area contributed by atoms with Crippen LogP contribution in [0.2, 0.25) is 0 Å². The van der Waals surface area contributed by atoms with Gasteiger partial charge >= 0.3 is 0 Å². The van der Waals surface area contributed by atoms with Crippen molar-refractivity contribution in [3.63, 3.8) is 0 Å². The first-order valence-corrected chi connectivity index (χ1v) is 7.36. The molecular formula is C17H29NO. The highest BCUT2D eigenvalue weighted by atomic mass is 16.5. The summed E-state index contributed by atoms with van der Waals surface area (Å²) in [4.78, 5) is 0. The van der Waals surface area contributed by atoms with Crippen LogP contribution < -0.4 is 5.32 Å². The number of hydrogen-bond acceptors (Lipinski definition) is 2. The van der Waals surface area contributed by atoms with Crippen molar-refractivity contribution < 1.29 is 4.74 Å². The van der Waals surface area contributed by atoms with Gasteiger partial charge in [-0.3, -0.25) is 0 Å². The van der Waals surface area contributed by atoms with Crippen LogP contribution in [-0.2, 0) is 4.74 Å². The maximum Gasteiger partial charge on any atom is 0.0661 e. The van der Waals surface area contributed by atoms with Crippen LogP contribution in [-0.4, -0.2) is 20.3 Å². The molecule has 0 fully saturated rings. The van der Waals surface area contributed by atoms with E-state index in [-0.39, 0.29) is 0 Å². The smallest absolute Gasteiger partial charge is 0.0661 e. The molecule has 108 valence electrons. The number of aryl methyl sites for hydroxylation is 2. The van der Waals surface area contributed by atoms with Crippen LogP contribution in [0.1, 0.15) is 49.4 Å². The average Bonchev–Trinajstić information content (AvgIpc) is 2.37. The third kappa shape index (κ3) is 5.75. The Hall–Kier alpha value is -0.860. The summed E-state index contributed by atoms with van der Waals surface area (Å²) in [6.07, 6.45) is 2.40. The lowest BCUT2D eigenvalue weighted by Crippen LogP contribution is -2.23. The Labute approximate surface area is 118 Å². The van der Waals surface area contributed by atoms with Gasteiger partial charge in [0.05, 0.1) is 12.6 Å². The van der Waals surface area contributed by atoms with E-state index in [0.29, 0.717) is 6.04 Å². The van der Waals surface area contributed by atoms with Crippen molar-refractivity contribution in [3.05, 3.63) is 34.9 Å². The van der Waals surface area contributed by atoms with Crippen molar-refractivity contribution in [2.45, 2.75) is 46.6 Å². The first-order chi connectivity index (χ1) is 9.04. The van der Waals surface area contributed by atoms with E-state index in [1.165, 1.54) is 23.1 Å². The summed E-state index contributed by atoms with van der Waals surface area (Å²) in [6.45, 7) is 10.4. The minimum Gasteiger partial charge on any atom is -0.379 e. The molecule has 0 saturated heterocycles. The SMILES string of the molecule is CNC(COCCCC(C)C)c1cc(C)ccc1C. The molecule has 1 atom stereocenters. The highest BCUT2D eigenvalue weighted by Crippen LogP contribution is 2.19. The minimum atomic E-state index is 0.291. The normalized spacial score (nSPS) is 12.9. The molecule has 0 aliphatic rings. The van der Waals surface area contributed by atoms with Crippen molar-refractivity contribution in [1.29, 1.82) is 0 Å². The molecular weight excluding hydrogens is 234 g/mol. The van der Waals surface area contributed by atoms with Crippen molar-refractivity contribution in [2.24, 2.45) is 5.92 Å². The van der Waals surface area contributed by atoms with Gasteiger partial charge in [0.15, 0.2) is 0 Å². The van der Waals surface area contributed by atoms with Gasteiger partial charge < -0.3 is 10.1 Å². The molecule has 1 aromatic carbocycles. The van der Waals surface area contributed by atoms with Crippen LogP contribution >= 0.6 is 0 Å². The quantitative estimate of drug-likeness (QED) is 0.715. The van der Waals surface area contributed by atoms with Gasteiger partial charge in [0, 0.05) is 6.61 Å². The van der Waals surface area contributed by atoms with Crippen molar-refractivity contribution in [3.8, 4) is 0 Å². The van der Waals surface area contributed by atoms with Gasteiger partial charge in [-0.05, 0) is 50.8 Å². The summed E-state index contributed by atoms with van der Waals surface area (Å²) < 4.78 is 5.82. The first-order valence-electron chi connectivity index (χ1n) is 7.36. The predicted molar refractivity (Wildman–Crippen MR) is 82.6 cm³/mol. The molecule has 19 heavy (non-hydrogen) atoms. The van der Waals surface area contributed by atoms with Gasteiger partial charge in [0.2, 0.25) is 0 Å². The zero-order valence-corrected chi connectivity index (χ0v) is 13.1. The molecule has 0 spiro atoms. The zero-order valence-electron chi connectivity index (χ0n) is 13.1. The number of rotatable bonds is 8. The van der Waals surface area contributed by atoms with Crippen LogP contribution in [0.15, 0.2) is 18.2 Å². The molecule has 0 aliphatic carbocycles. The molecule has 1 N–H and O–H groups in total. The van der Waals surface area contributed by atoms with E-state index in [0.717, 1.165) is 25.6 Å². The van der Waals surface area contributed by atoms with Gasteiger partial charge in [-0.1, -0.05) is 37.6 Å². The van der Waals surface area contributed by atoms with Gasteiger partial charge in [-0.2, -0.15) is 0 Å². The number of ether oxygens (including phenoxy) is 1. The molecule has 1 aromatic rings. The number of nitrogens with one attached hydrogen (secondary N) is 1. The van der Waals surface area contributed by atoms with Crippen molar-refractivity contribution in [2.75, 3.05) is 20.3 Å². The summed E-state index contributed by atoms with van der Waals surface area (Å²) in [5.74, 6) is 0.766. The third-order valence-electron chi connectivity index (χ3n) is 3.51. The first kappa shape index (κ1) is 16.2. The Morgan fingerprint density at radius 1 is 1.21 bits per heavy atom. The summed E-state index contributed by atoms with van der Waals surface area (Å²) in [6, 6.07) is 6.90. The monoisotopic (exact) mass is 263 g/mol. The number of likely N-dealkylation sites (N-methyl/N-ethyl adjacent to an activating group) is 1. The highest BCUT2D eigenvalue weighted by molar-refractivity contribution is 5.33. The molecule has 0 saturated carbocycles. The molecule has 0 amide bonds. The zero-order chi connectivity index (χ0) is 14.3. The molecule has 1 rings (SSSR count). The molecule has 0 bridgehead atoms. The van der Waals surface area contributed by atoms with Crippen molar-refractivity contribution >= 4 is 0 Å². The van der Waals surface area contributed by atoms with Crippen LogP contribution in [0.25, 0.3) is 0 Å². The fourth-order valence-electron chi connectivity index (χ4n) is 2.26. The van der Waals surface area contributed by atoms with Crippen LogP contribution in [0, 0.1) is 19.8 Å². The fourth-order valence-corrected chi connectivity index (χ4v) is 2.26. The standard InChI is InChI=1S/C17H29NO/c1-13(2)7-6-10-19-12-17(18-5)16-11-14(3)8-9-15(16)4/h8-9,11,13,17-18H,6-7,10,12H2,1-5H3. The van der Waals surface area contributed by atoms with Gasteiger partial charge in [-0.25, -0.2) is 0 Å². The largest absolute Gasteiger partial charge is 0.379 e. The number of benzene rings is 1. The van der Waals surface area contributed by atoms with E-state index in [2.05, 4.69) is 51.2 Å². The van der Waals surface area contributed by atoms with Gasteiger partial charge in [0.25, 0.3) is 0 Å². The topological polar surface area (TPSA) is 21.3 Å². The summed E-state index contributed by atoms with van der Waals surface area (Å²) in [5.41, 5.74) is 3.99. The van der Waals surface area contributed by atoms with E-state index < -0.39 is 0 Å². The van der Waals surface area contributed by atoms with Gasteiger partial charge in [-0.15, -0.1) is 0 Å². The Bertz CT molecular complexity index is 374. The number of hydrogen-bond donors (Lipinski definition) is 1. The van der Waals surface area contributed by atoms with E-state index in [1.54, 1.807) is 0 Å². The maximum absolute atomic E-state index is 5.82. The Morgan fingerprint density at radius 3 is 2.58 bits per heavy atom. The molecule has 1 unspecified atom stereocenters. The van der Waals surface area contributed by atoms with Crippen LogP contribution in [0.5, 0.6) is 0 Å². The predicted octanol–water partition coefficient (Wildman–Crippen LogP) is 4.02. The van der Waals surface area contributed by atoms with Gasteiger partial charge in [0.1, 0.15) is 0 Å².